The molecule has 0 atom stereocenters. The van der Waals surface area contributed by atoms with Crippen LogP contribution in [-0.2, 0) is 6.42 Å². The SMILES string of the molecule is Clc1ccc2c(c1)CCCCOc1ccc(Br)cc1/N=C\2. The third-order valence-corrected chi connectivity index (χ3v) is 4.20. The average Bonchev–Trinajstić information content (AvgIpc) is 2.50. The molecule has 21 heavy (non-hydrogen) atoms. The van der Waals surface area contributed by atoms with Crippen molar-refractivity contribution in [2.75, 3.05) is 6.61 Å². The van der Waals surface area contributed by atoms with Crippen molar-refractivity contribution < 1.29 is 4.74 Å². The Kier molecular flexibility index (Phi) is 4.61. The van der Waals surface area contributed by atoms with Gasteiger partial charge in [0.1, 0.15) is 11.4 Å². The van der Waals surface area contributed by atoms with Crippen LogP contribution in [0.1, 0.15) is 24.0 Å². The summed E-state index contributed by atoms with van der Waals surface area (Å²) in [4.78, 5) is 4.60. The zero-order valence-corrected chi connectivity index (χ0v) is 13.8. The van der Waals surface area contributed by atoms with Gasteiger partial charge >= 0.3 is 0 Å². The molecule has 0 bridgehead atoms. The van der Waals surface area contributed by atoms with E-state index < -0.39 is 0 Å². The summed E-state index contributed by atoms with van der Waals surface area (Å²) in [6.45, 7) is 0.708. The number of rotatable bonds is 0. The normalized spacial score (nSPS) is 16.1. The van der Waals surface area contributed by atoms with Gasteiger partial charge in [0.25, 0.3) is 0 Å². The highest BCUT2D eigenvalue weighted by Gasteiger charge is 2.07. The highest BCUT2D eigenvalue weighted by molar-refractivity contribution is 9.10. The second kappa shape index (κ2) is 6.63. The monoisotopic (exact) mass is 363 g/mol. The third kappa shape index (κ3) is 3.66. The topological polar surface area (TPSA) is 21.6 Å². The number of fused-ring (bicyclic) bond motifs is 2. The van der Waals surface area contributed by atoms with E-state index in [1.807, 2.05) is 42.6 Å². The maximum atomic E-state index is 6.10. The summed E-state index contributed by atoms with van der Waals surface area (Å²) >= 11 is 9.58. The first-order chi connectivity index (χ1) is 10.2. The van der Waals surface area contributed by atoms with Crippen LogP contribution in [0.15, 0.2) is 45.9 Å². The van der Waals surface area contributed by atoms with E-state index in [4.69, 9.17) is 16.3 Å². The van der Waals surface area contributed by atoms with Gasteiger partial charge in [0, 0.05) is 15.7 Å². The third-order valence-electron chi connectivity index (χ3n) is 3.47. The summed E-state index contributed by atoms with van der Waals surface area (Å²) in [6.07, 6.45) is 4.98. The quantitative estimate of drug-likeness (QED) is 0.599. The number of ether oxygens (including phenoxy) is 1. The van der Waals surface area contributed by atoms with Crippen LogP contribution in [0, 0.1) is 0 Å². The Hall–Kier alpha value is -1.32. The highest BCUT2D eigenvalue weighted by Crippen LogP contribution is 2.31. The molecule has 2 aromatic carbocycles. The second-order valence-corrected chi connectivity index (χ2v) is 6.37. The standard InChI is InChI=1S/C17H15BrClNO/c18-14-5-7-17-16(10-14)20-11-13-4-6-15(19)9-12(13)3-1-2-8-21-17/h4-7,9-11H,1-3,8H2/b20-11-. The fourth-order valence-electron chi connectivity index (χ4n) is 2.37. The van der Waals surface area contributed by atoms with Crippen LogP contribution < -0.4 is 4.74 Å². The van der Waals surface area contributed by atoms with Crippen molar-refractivity contribution in [2.24, 2.45) is 4.99 Å². The fourth-order valence-corrected chi connectivity index (χ4v) is 2.91. The minimum Gasteiger partial charge on any atom is -0.491 e. The molecule has 0 radical (unpaired) electrons. The number of halogens is 2. The predicted molar refractivity (Wildman–Crippen MR) is 91.3 cm³/mol. The lowest BCUT2D eigenvalue weighted by Crippen LogP contribution is -1.99. The zero-order chi connectivity index (χ0) is 14.7. The van der Waals surface area contributed by atoms with Gasteiger partial charge in [-0.2, -0.15) is 0 Å². The van der Waals surface area contributed by atoms with Crippen LogP contribution in [0.3, 0.4) is 0 Å². The first-order valence-electron chi connectivity index (χ1n) is 6.97. The maximum absolute atomic E-state index is 6.10. The van der Waals surface area contributed by atoms with E-state index in [1.54, 1.807) is 0 Å². The number of benzene rings is 2. The molecule has 2 aromatic rings. The van der Waals surface area contributed by atoms with Crippen molar-refractivity contribution in [2.45, 2.75) is 19.3 Å². The molecule has 1 aliphatic heterocycles. The molecule has 4 heteroatoms. The zero-order valence-electron chi connectivity index (χ0n) is 11.5. The first-order valence-corrected chi connectivity index (χ1v) is 8.14. The highest BCUT2D eigenvalue weighted by atomic mass is 79.9. The van der Waals surface area contributed by atoms with E-state index in [1.165, 1.54) is 5.56 Å². The molecule has 0 saturated heterocycles. The molecule has 0 N–H and O–H groups in total. The molecule has 0 amide bonds. The van der Waals surface area contributed by atoms with Crippen LogP contribution in [-0.4, -0.2) is 12.8 Å². The van der Waals surface area contributed by atoms with E-state index in [9.17, 15) is 0 Å². The molecule has 0 fully saturated rings. The molecule has 1 aliphatic rings. The molecule has 0 saturated carbocycles. The summed E-state index contributed by atoms with van der Waals surface area (Å²) in [6, 6.07) is 11.9. The number of nitrogens with zero attached hydrogens (tertiary/aromatic N) is 1. The summed E-state index contributed by atoms with van der Waals surface area (Å²) in [7, 11) is 0. The molecular weight excluding hydrogens is 350 g/mol. The van der Waals surface area contributed by atoms with E-state index in [-0.39, 0.29) is 0 Å². The van der Waals surface area contributed by atoms with Crippen LogP contribution in [0.25, 0.3) is 0 Å². The van der Waals surface area contributed by atoms with Crippen LogP contribution in [0.4, 0.5) is 5.69 Å². The Morgan fingerprint density at radius 1 is 1.10 bits per heavy atom. The molecule has 3 rings (SSSR count). The van der Waals surface area contributed by atoms with Gasteiger partial charge in [-0.15, -0.1) is 0 Å². The van der Waals surface area contributed by atoms with Crippen molar-refractivity contribution in [3.05, 3.63) is 57.0 Å². The summed E-state index contributed by atoms with van der Waals surface area (Å²) in [5.41, 5.74) is 3.20. The Balaban J connectivity index is 2.03. The van der Waals surface area contributed by atoms with Crippen molar-refractivity contribution in [1.29, 1.82) is 0 Å². The molecule has 0 aliphatic carbocycles. The van der Waals surface area contributed by atoms with Crippen LogP contribution >= 0.6 is 27.5 Å². The van der Waals surface area contributed by atoms with Gasteiger partial charge in [0.05, 0.1) is 6.61 Å². The lowest BCUT2D eigenvalue weighted by Gasteiger charge is -2.08. The van der Waals surface area contributed by atoms with Crippen molar-refractivity contribution in [3.8, 4) is 5.75 Å². The Bertz CT molecular complexity index is 684. The number of aliphatic imine (C=N–C) groups is 1. The minimum atomic E-state index is 0.708. The summed E-state index contributed by atoms with van der Waals surface area (Å²) < 4.78 is 6.83. The lowest BCUT2D eigenvalue weighted by molar-refractivity contribution is 0.308. The molecular formula is C17H15BrClNO. The van der Waals surface area contributed by atoms with Gasteiger partial charge in [-0.3, -0.25) is 4.99 Å². The Morgan fingerprint density at radius 2 is 2.00 bits per heavy atom. The largest absolute Gasteiger partial charge is 0.491 e. The summed E-state index contributed by atoms with van der Waals surface area (Å²) in [5.74, 6) is 0.826. The predicted octanol–water partition coefficient (Wildman–Crippen LogP) is 5.57. The lowest BCUT2D eigenvalue weighted by atomic mass is 10.0. The molecule has 1 heterocycles. The van der Waals surface area contributed by atoms with E-state index >= 15 is 0 Å². The van der Waals surface area contributed by atoms with Crippen molar-refractivity contribution >= 4 is 39.4 Å². The first kappa shape index (κ1) is 14.6. The number of hydrogen-bond acceptors (Lipinski definition) is 2. The second-order valence-electron chi connectivity index (χ2n) is 5.02. The van der Waals surface area contributed by atoms with Crippen molar-refractivity contribution in [1.82, 2.24) is 0 Å². The van der Waals surface area contributed by atoms with E-state index in [0.717, 1.165) is 45.8 Å². The number of aryl methyl sites for hydroxylation is 1. The van der Waals surface area contributed by atoms with Gasteiger partial charge in [-0.05, 0) is 60.7 Å². The Labute approximate surface area is 137 Å². The average molecular weight is 365 g/mol. The minimum absolute atomic E-state index is 0.708. The van der Waals surface area contributed by atoms with E-state index in [2.05, 4.69) is 20.9 Å². The molecule has 2 nitrogen and oxygen atoms in total. The van der Waals surface area contributed by atoms with Crippen LogP contribution in [0.5, 0.6) is 5.75 Å². The molecule has 0 aromatic heterocycles. The van der Waals surface area contributed by atoms with Gasteiger partial charge in [0.2, 0.25) is 0 Å². The summed E-state index contributed by atoms with van der Waals surface area (Å²) in [5, 5.41) is 0.774. The maximum Gasteiger partial charge on any atom is 0.144 e. The van der Waals surface area contributed by atoms with Gasteiger partial charge in [0.15, 0.2) is 0 Å². The van der Waals surface area contributed by atoms with Gasteiger partial charge < -0.3 is 4.74 Å². The molecule has 0 unspecified atom stereocenters. The smallest absolute Gasteiger partial charge is 0.144 e. The van der Waals surface area contributed by atoms with Crippen molar-refractivity contribution in [3.63, 3.8) is 0 Å². The van der Waals surface area contributed by atoms with Crippen LogP contribution in [0.2, 0.25) is 5.02 Å². The fraction of sp³-hybridized carbons (Fsp3) is 0.235. The van der Waals surface area contributed by atoms with Gasteiger partial charge in [-0.25, -0.2) is 0 Å². The van der Waals surface area contributed by atoms with Gasteiger partial charge in [-0.1, -0.05) is 33.6 Å². The molecule has 108 valence electrons. The Morgan fingerprint density at radius 3 is 2.90 bits per heavy atom. The van der Waals surface area contributed by atoms with E-state index in [0.29, 0.717) is 6.61 Å². The number of hydrogen-bond donors (Lipinski definition) is 0. The molecule has 0 spiro atoms.